The van der Waals surface area contributed by atoms with Gasteiger partial charge in [-0.2, -0.15) is 10.2 Å². The number of aliphatic hydroxyl groups is 1. The van der Waals surface area contributed by atoms with Gasteiger partial charge in [-0.3, -0.25) is 19.3 Å². The number of carbonyl (C=O) groups excluding carboxylic acids is 3. The van der Waals surface area contributed by atoms with E-state index < -0.39 is 47.0 Å². The topological polar surface area (TPSA) is 182 Å². The van der Waals surface area contributed by atoms with E-state index in [-0.39, 0.29) is 44.0 Å². The van der Waals surface area contributed by atoms with E-state index in [1.54, 1.807) is 44.2 Å². The van der Waals surface area contributed by atoms with Gasteiger partial charge in [0.15, 0.2) is 5.67 Å². The van der Waals surface area contributed by atoms with Crippen molar-refractivity contribution in [3.8, 4) is 33.2 Å². The number of likely N-dealkylation sites (tertiary alicyclic amines) is 2. The highest BCUT2D eigenvalue weighted by atomic mass is 32.1. The summed E-state index contributed by atoms with van der Waals surface area (Å²) in [6.45, 7) is 11.1. The Bertz CT molecular complexity index is 2340. The number of phenols is 1. The number of carbonyl (C=O) groups is 3. The van der Waals surface area contributed by atoms with Crippen LogP contribution in [-0.2, 0) is 20.9 Å². The molecule has 14 nitrogen and oxygen atoms in total. The van der Waals surface area contributed by atoms with Crippen molar-refractivity contribution in [2.45, 2.75) is 96.1 Å². The highest BCUT2D eigenvalue weighted by molar-refractivity contribution is 7.13. The fourth-order valence-corrected chi connectivity index (χ4v) is 9.70. The number of halogens is 1. The number of para-hydroxylation sites is 1. The van der Waals surface area contributed by atoms with E-state index in [9.17, 15) is 29.0 Å². The lowest BCUT2D eigenvalue weighted by Gasteiger charge is -2.35. The number of benzene rings is 2. The monoisotopic (exact) mass is 880 g/mol. The van der Waals surface area contributed by atoms with Crippen LogP contribution < -0.4 is 20.7 Å². The number of aromatic hydroxyl groups is 1. The van der Waals surface area contributed by atoms with Gasteiger partial charge in [0.25, 0.3) is 5.91 Å². The maximum Gasteiger partial charge on any atom is 0.258 e. The Labute approximate surface area is 371 Å². The number of amides is 3. The van der Waals surface area contributed by atoms with Gasteiger partial charge in [-0.1, -0.05) is 45.0 Å². The second-order valence-electron chi connectivity index (χ2n) is 18.4. The number of ether oxygens (including phenoxy) is 1. The minimum atomic E-state index is -1.96. The first kappa shape index (κ1) is 44.2. The van der Waals surface area contributed by atoms with Gasteiger partial charge in [-0.05, 0) is 105 Å². The molecule has 3 aliphatic heterocycles. The summed E-state index contributed by atoms with van der Waals surface area (Å²) in [7, 11) is 0. The van der Waals surface area contributed by atoms with E-state index in [2.05, 4.69) is 42.2 Å². The molecule has 2 aromatic heterocycles. The Hall–Kier alpha value is -5.45. The Kier molecular flexibility index (Phi) is 12.9. The van der Waals surface area contributed by atoms with Crippen LogP contribution in [0, 0.1) is 18.3 Å². The molecule has 3 fully saturated rings. The van der Waals surface area contributed by atoms with Crippen molar-refractivity contribution in [2.75, 3.05) is 39.3 Å². The number of rotatable bonds is 14. The van der Waals surface area contributed by atoms with Crippen LogP contribution >= 0.6 is 11.3 Å². The van der Waals surface area contributed by atoms with Gasteiger partial charge >= 0.3 is 0 Å². The lowest BCUT2D eigenvalue weighted by molar-refractivity contribution is -0.145. The number of β-amino-alcohol motifs (C(OH)–C–C–N with tert-alkyl or cyclic N) is 1. The van der Waals surface area contributed by atoms with Crippen molar-refractivity contribution < 1.29 is 33.7 Å². The molecule has 4 atom stereocenters. The number of phenolic OH excluding ortho intramolecular Hbond substituents is 1. The van der Waals surface area contributed by atoms with Crippen molar-refractivity contribution in [2.24, 2.45) is 11.3 Å². The third-order valence-corrected chi connectivity index (χ3v) is 13.8. The summed E-state index contributed by atoms with van der Waals surface area (Å²) < 4.78 is 21.2. The van der Waals surface area contributed by atoms with E-state index in [0.29, 0.717) is 36.1 Å². The zero-order chi connectivity index (χ0) is 44.5. The number of aliphatic hydroxyl groups excluding tert-OH is 1. The van der Waals surface area contributed by atoms with E-state index in [0.717, 1.165) is 59.9 Å². The van der Waals surface area contributed by atoms with Gasteiger partial charge in [0.05, 0.1) is 33.6 Å². The molecule has 2 aromatic carbocycles. The summed E-state index contributed by atoms with van der Waals surface area (Å²) >= 11 is 1.54. The van der Waals surface area contributed by atoms with Gasteiger partial charge in [0.2, 0.25) is 11.8 Å². The first-order valence-corrected chi connectivity index (χ1v) is 22.8. The predicted molar refractivity (Wildman–Crippen MR) is 237 cm³/mol. The van der Waals surface area contributed by atoms with Gasteiger partial charge in [-0.25, -0.2) is 9.37 Å². The third kappa shape index (κ3) is 9.87. The molecular formula is C47H57FN8O6S. The van der Waals surface area contributed by atoms with Crippen molar-refractivity contribution in [1.29, 1.82) is 0 Å². The van der Waals surface area contributed by atoms with Crippen LogP contribution in [0.1, 0.15) is 75.7 Å². The number of aromatic nitrogens is 3. The first-order chi connectivity index (χ1) is 30.2. The van der Waals surface area contributed by atoms with E-state index in [1.807, 2.05) is 54.9 Å². The largest absolute Gasteiger partial charge is 0.507 e. The molecule has 2 saturated heterocycles. The predicted octanol–water partition coefficient (Wildman–Crippen LogP) is 5.25. The first-order valence-electron chi connectivity index (χ1n) is 21.9. The molecule has 8 rings (SSSR count). The molecule has 0 bridgehead atoms. The Balaban J connectivity index is 0.882. The summed E-state index contributed by atoms with van der Waals surface area (Å²) in [5.41, 5.74) is 5.25. The number of nitrogens with zero attached hydrogens (tertiary/aromatic N) is 5. The Morgan fingerprint density at radius 3 is 2.54 bits per heavy atom. The molecule has 1 saturated carbocycles. The van der Waals surface area contributed by atoms with Crippen LogP contribution in [0.2, 0.25) is 0 Å². The summed E-state index contributed by atoms with van der Waals surface area (Å²) in [6.07, 6.45) is 3.48. The SMILES string of the molecule is Cc1ncsc1-c1ccc(CNC(=O)[C@@H]2C[C@@H](O)CN2C(=O)[C@@H](NC(=O)C2(F)CC2)C(C)(C)C)c(OCCN2CCC(C3=CNCC3c3ccc(-c4ccccc4O)nn3)CC2)c1. The zero-order valence-corrected chi connectivity index (χ0v) is 37.1. The molecule has 4 aliphatic rings. The average molecular weight is 881 g/mol. The standard InChI is InChI=1S/C47H57FN8O6S/c1-28-41(63-27-51-28)30-9-10-31(23-50-43(59)38-22-32(57)26-56(38)44(60)42(46(2,3)4)52-45(61)47(48)15-16-47)40(21-30)62-20-19-55-17-13-29(14-18-55)34-24-49-25-35(34)37-12-11-36(53-54-37)33-7-5-6-8-39(33)58/h5-12,21,24,27,29,32,35,38,42,49,57-58H,13-20,22-23,25-26H2,1-4H3,(H,50,59)(H,52,61)/t32-,35?,38+,42-/m1/s1. The quantitative estimate of drug-likeness (QED) is 0.112. The minimum absolute atomic E-state index is 0.0373. The summed E-state index contributed by atoms with van der Waals surface area (Å²) in [6, 6.07) is 14.9. The number of piperidine rings is 1. The van der Waals surface area contributed by atoms with Crippen LogP contribution in [0.25, 0.3) is 21.7 Å². The molecule has 1 unspecified atom stereocenters. The number of hydrogen-bond acceptors (Lipinski definition) is 12. The van der Waals surface area contributed by atoms with Crippen molar-refractivity contribution >= 4 is 29.1 Å². The zero-order valence-electron chi connectivity index (χ0n) is 36.3. The number of thiazole rings is 1. The lowest BCUT2D eigenvalue weighted by atomic mass is 9.82. The third-order valence-electron chi connectivity index (χ3n) is 12.8. The minimum Gasteiger partial charge on any atom is -0.507 e. The second kappa shape index (κ2) is 18.3. The molecule has 16 heteroatoms. The van der Waals surface area contributed by atoms with Crippen molar-refractivity contribution in [1.82, 2.24) is 40.9 Å². The summed E-state index contributed by atoms with van der Waals surface area (Å²) in [4.78, 5) is 49.7. The van der Waals surface area contributed by atoms with E-state index in [4.69, 9.17) is 4.74 Å². The van der Waals surface area contributed by atoms with Crippen LogP contribution in [0.4, 0.5) is 4.39 Å². The Morgan fingerprint density at radius 1 is 1.08 bits per heavy atom. The molecule has 63 heavy (non-hydrogen) atoms. The molecule has 3 amide bonds. The summed E-state index contributed by atoms with van der Waals surface area (Å²) in [5.74, 6) is -0.438. The highest BCUT2D eigenvalue weighted by Crippen LogP contribution is 2.41. The molecule has 1 aliphatic carbocycles. The smallest absolute Gasteiger partial charge is 0.258 e. The van der Waals surface area contributed by atoms with Crippen molar-refractivity contribution in [3.05, 3.63) is 88.8 Å². The van der Waals surface area contributed by atoms with Crippen LogP contribution in [0.15, 0.2) is 71.9 Å². The number of hydrogen-bond donors (Lipinski definition) is 5. The fraction of sp³-hybridized carbons (Fsp3) is 0.489. The molecule has 0 radical (unpaired) electrons. The lowest BCUT2D eigenvalue weighted by Crippen LogP contribution is -2.59. The summed E-state index contributed by atoms with van der Waals surface area (Å²) in [5, 5.41) is 39.0. The molecule has 4 aromatic rings. The maximum absolute atomic E-state index is 14.7. The van der Waals surface area contributed by atoms with E-state index >= 15 is 0 Å². The second-order valence-corrected chi connectivity index (χ2v) is 19.2. The van der Waals surface area contributed by atoms with Crippen LogP contribution in [-0.4, -0.2) is 116 Å². The molecule has 5 heterocycles. The van der Waals surface area contributed by atoms with Gasteiger partial charge in [-0.15, -0.1) is 11.3 Å². The van der Waals surface area contributed by atoms with Crippen molar-refractivity contribution in [3.63, 3.8) is 0 Å². The normalized spacial score (nSPS) is 21.7. The van der Waals surface area contributed by atoms with Gasteiger partial charge in [0, 0.05) is 49.6 Å². The van der Waals surface area contributed by atoms with Gasteiger partial charge in [0.1, 0.15) is 30.2 Å². The van der Waals surface area contributed by atoms with E-state index in [1.165, 1.54) is 10.5 Å². The number of alkyl halides is 1. The fourth-order valence-electron chi connectivity index (χ4n) is 8.90. The highest BCUT2D eigenvalue weighted by Gasteiger charge is 2.53. The Morgan fingerprint density at radius 2 is 1.86 bits per heavy atom. The molecule has 334 valence electrons. The van der Waals surface area contributed by atoms with Crippen LogP contribution in [0.5, 0.6) is 11.5 Å². The molecule has 5 N–H and O–H groups in total. The number of nitrogens with one attached hydrogen (secondary N) is 3. The van der Waals surface area contributed by atoms with Crippen LogP contribution in [0.3, 0.4) is 0 Å². The molecule has 0 spiro atoms. The van der Waals surface area contributed by atoms with Gasteiger partial charge < -0.3 is 35.8 Å². The number of aryl methyl sites for hydroxylation is 1. The average Bonchev–Trinajstić information content (AvgIpc) is 3.58. The maximum atomic E-state index is 14.7. The molecular weight excluding hydrogens is 824 g/mol.